The third-order valence-electron chi connectivity index (χ3n) is 4.05. The summed E-state index contributed by atoms with van der Waals surface area (Å²) in [5, 5.41) is 13.7. The first-order valence-electron chi connectivity index (χ1n) is 7.50. The van der Waals surface area contributed by atoms with Gasteiger partial charge in [0.05, 0.1) is 12.2 Å². The Hall–Kier alpha value is -1.06. The monoisotopic (exact) mass is 261 g/mol. The van der Waals surface area contributed by atoms with Gasteiger partial charge in [-0.25, -0.2) is 0 Å². The predicted molar refractivity (Wildman–Crippen MR) is 75.3 cm³/mol. The second kappa shape index (κ2) is 5.93. The van der Waals surface area contributed by atoms with Crippen LogP contribution >= 0.6 is 0 Å². The Morgan fingerprint density at radius 2 is 1.89 bits per heavy atom. The molecular formula is C16H23NO2. The topological polar surface area (TPSA) is 41.5 Å². The summed E-state index contributed by atoms with van der Waals surface area (Å²) in [6.45, 7) is 0.621. The second-order valence-corrected chi connectivity index (χ2v) is 5.76. The number of hydrogen-bond acceptors (Lipinski definition) is 3. The van der Waals surface area contributed by atoms with Crippen LogP contribution in [0.15, 0.2) is 24.3 Å². The van der Waals surface area contributed by atoms with E-state index in [1.54, 1.807) is 0 Å². The van der Waals surface area contributed by atoms with Crippen molar-refractivity contribution in [1.82, 2.24) is 5.32 Å². The first kappa shape index (κ1) is 12.9. The zero-order valence-corrected chi connectivity index (χ0v) is 11.3. The molecule has 2 aliphatic carbocycles. The molecule has 0 spiro atoms. The van der Waals surface area contributed by atoms with E-state index in [4.69, 9.17) is 4.74 Å². The second-order valence-electron chi connectivity index (χ2n) is 5.76. The van der Waals surface area contributed by atoms with E-state index in [0.29, 0.717) is 18.7 Å². The summed E-state index contributed by atoms with van der Waals surface area (Å²) in [4.78, 5) is 0. The summed E-state index contributed by atoms with van der Waals surface area (Å²) in [5.74, 6) is 0.861. The van der Waals surface area contributed by atoms with Gasteiger partial charge >= 0.3 is 0 Å². The van der Waals surface area contributed by atoms with Gasteiger partial charge in [0.15, 0.2) is 0 Å². The molecule has 3 nitrogen and oxygen atoms in total. The predicted octanol–water partition coefficient (Wildman–Crippen LogP) is 2.79. The summed E-state index contributed by atoms with van der Waals surface area (Å²) in [6, 6.07) is 8.53. The van der Waals surface area contributed by atoms with Crippen LogP contribution in [0, 0.1) is 0 Å². The van der Waals surface area contributed by atoms with Crippen molar-refractivity contribution in [2.75, 3.05) is 6.54 Å². The summed E-state index contributed by atoms with van der Waals surface area (Å²) >= 11 is 0. The number of aliphatic hydroxyl groups excluding tert-OH is 1. The van der Waals surface area contributed by atoms with Gasteiger partial charge in [-0.05, 0) is 44.6 Å². The number of para-hydroxylation sites is 1. The summed E-state index contributed by atoms with van der Waals surface area (Å²) in [7, 11) is 0. The first-order valence-corrected chi connectivity index (χ1v) is 7.50. The molecule has 2 N–H and O–H groups in total. The van der Waals surface area contributed by atoms with E-state index in [2.05, 4.69) is 5.32 Å². The fourth-order valence-corrected chi connectivity index (χ4v) is 2.72. The largest absolute Gasteiger partial charge is 0.490 e. The third-order valence-corrected chi connectivity index (χ3v) is 4.05. The highest BCUT2D eigenvalue weighted by Gasteiger charge is 2.23. The Labute approximate surface area is 115 Å². The van der Waals surface area contributed by atoms with Crippen molar-refractivity contribution in [3.05, 3.63) is 29.8 Å². The lowest BCUT2D eigenvalue weighted by Gasteiger charge is -2.19. The Balaban J connectivity index is 1.64. The maximum Gasteiger partial charge on any atom is 0.125 e. The highest BCUT2D eigenvalue weighted by atomic mass is 16.5. The van der Waals surface area contributed by atoms with E-state index in [1.165, 1.54) is 25.7 Å². The van der Waals surface area contributed by atoms with Crippen molar-refractivity contribution in [3.8, 4) is 5.75 Å². The molecule has 0 saturated heterocycles. The molecule has 0 aliphatic heterocycles. The van der Waals surface area contributed by atoms with Gasteiger partial charge in [0.25, 0.3) is 0 Å². The van der Waals surface area contributed by atoms with E-state index in [0.717, 1.165) is 24.2 Å². The summed E-state index contributed by atoms with van der Waals surface area (Å²) in [5.41, 5.74) is 0.919. The molecule has 2 aliphatic rings. The van der Waals surface area contributed by atoms with Gasteiger partial charge < -0.3 is 15.2 Å². The van der Waals surface area contributed by atoms with Gasteiger partial charge in [-0.15, -0.1) is 0 Å². The number of rotatable bonds is 6. The number of nitrogens with one attached hydrogen (secondary N) is 1. The zero-order chi connectivity index (χ0) is 13.1. The number of benzene rings is 1. The van der Waals surface area contributed by atoms with Gasteiger partial charge in [-0.2, -0.15) is 0 Å². The van der Waals surface area contributed by atoms with E-state index < -0.39 is 6.10 Å². The molecular weight excluding hydrogens is 238 g/mol. The van der Waals surface area contributed by atoms with Crippen molar-refractivity contribution in [1.29, 1.82) is 0 Å². The minimum atomic E-state index is -0.474. The van der Waals surface area contributed by atoms with Crippen LogP contribution in [0.5, 0.6) is 5.75 Å². The van der Waals surface area contributed by atoms with Crippen LogP contribution in [0.1, 0.15) is 50.2 Å². The fraction of sp³-hybridized carbons (Fsp3) is 0.625. The lowest BCUT2D eigenvalue weighted by atomic mass is 10.1. The van der Waals surface area contributed by atoms with E-state index in [1.807, 2.05) is 24.3 Å². The molecule has 0 aromatic heterocycles. The molecule has 3 heteroatoms. The molecule has 19 heavy (non-hydrogen) atoms. The Morgan fingerprint density at radius 3 is 2.63 bits per heavy atom. The molecule has 0 heterocycles. The van der Waals surface area contributed by atoms with Crippen molar-refractivity contribution in [2.45, 2.75) is 56.8 Å². The smallest absolute Gasteiger partial charge is 0.125 e. The molecule has 1 atom stereocenters. The molecule has 0 amide bonds. The first-order chi connectivity index (χ1) is 9.33. The van der Waals surface area contributed by atoms with Gasteiger partial charge in [0, 0.05) is 18.2 Å². The van der Waals surface area contributed by atoms with Crippen LogP contribution in [-0.2, 0) is 0 Å². The molecule has 2 fully saturated rings. The van der Waals surface area contributed by atoms with Crippen molar-refractivity contribution < 1.29 is 9.84 Å². The standard InChI is InChI=1S/C16H23NO2/c18-15(11-17-12-9-10-12)14-7-3-4-8-16(14)19-13-5-1-2-6-13/h3-4,7-8,12-13,15,17-18H,1-2,5-6,9-11H2. The number of ether oxygens (including phenoxy) is 1. The molecule has 104 valence electrons. The van der Waals surface area contributed by atoms with Crippen molar-refractivity contribution in [2.24, 2.45) is 0 Å². The quantitative estimate of drug-likeness (QED) is 0.827. The van der Waals surface area contributed by atoms with Gasteiger partial charge in [0.2, 0.25) is 0 Å². The zero-order valence-electron chi connectivity index (χ0n) is 11.3. The molecule has 3 rings (SSSR count). The lowest BCUT2D eigenvalue weighted by Crippen LogP contribution is -2.24. The van der Waals surface area contributed by atoms with Crippen LogP contribution in [-0.4, -0.2) is 23.8 Å². The average molecular weight is 261 g/mol. The number of hydrogen-bond donors (Lipinski definition) is 2. The molecule has 2 saturated carbocycles. The van der Waals surface area contributed by atoms with Crippen LogP contribution in [0.2, 0.25) is 0 Å². The fourth-order valence-electron chi connectivity index (χ4n) is 2.72. The van der Waals surface area contributed by atoms with Crippen LogP contribution in [0.4, 0.5) is 0 Å². The summed E-state index contributed by atoms with van der Waals surface area (Å²) < 4.78 is 6.06. The van der Waals surface area contributed by atoms with Crippen molar-refractivity contribution >= 4 is 0 Å². The lowest BCUT2D eigenvalue weighted by molar-refractivity contribution is 0.157. The molecule has 1 unspecified atom stereocenters. The van der Waals surface area contributed by atoms with E-state index >= 15 is 0 Å². The Bertz CT molecular complexity index is 411. The van der Waals surface area contributed by atoms with Crippen LogP contribution < -0.4 is 10.1 Å². The Morgan fingerprint density at radius 1 is 1.16 bits per heavy atom. The normalized spacial score (nSPS) is 21.5. The highest BCUT2D eigenvalue weighted by Crippen LogP contribution is 2.30. The average Bonchev–Trinajstić information content (AvgIpc) is 3.13. The minimum Gasteiger partial charge on any atom is -0.490 e. The maximum atomic E-state index is 10.3. The van der Waals surface area contributed by atoms with Crippen LogP contribution in [0.3, 0.4) is 0 Å². The highest BCUT2D eigenvalue weighted by molar-refractivity contribution is 5.35. The number of aliphatic hydroxyl groups is 1. The van der Waals surface area contributed by atoms with E-state index in [9.17, 15) is 5.11 Å². The summed E-state index contributed by atoms with van der Waals surface area (Å²) in [6.07, 6.45) is 7.16. The van der Waals surface area contributed by atoms with E-state index in [-0.39, 0.29) is 0 Å². The van der Waals surface area contributed by atoms with Gasteiger partial charge in [-0.3, -0.25) is 0 Å². The Kier molecular flexibility index (Phi) is 4.04. The molecule has 1 aromatic rings. The van der Waals surface area contributed by atoms with Crippen LogP contribution in [0.25, 0.3) is 0 Å². The SMILES string of the molecule is OC(CNC1CC1)c1ccccc1OC1CCCC1. The van der Waals surface area contributed by atoms with Gasteiger partial charge in [0.1, 0.15) is 5.75 Å². The van der Waals surface area contributed by atoms with Gasteiger partial charge in [-0.1, -0.05) is 18.2 Å². The third kappa shape index (κ3) is 3.48. The maximum absolute atomic E-state index is 10.3. The minimum absolute atomic E-state index is 0.338. The molecule has 1 aromatic carbocycles. The van der Waals surface area contributed by atoms with Crippen molar-refractivity contribution in [3.63, 3.8) is 0 Å². The molecule has 0 bridgehead atoms. The molecule has 0 radical (unpaired) electrons.